The lowest BCUT2D eigenvalue weighted by atomic mass is 9.88. The highest BCUT2D eigenvalue weighted by atomic mass is 19.1. The fraction of sp³-hybridized carbons (Fsp3) is 0.425. The predicted molar refractivity (Wildman–Crippen MR) is 209 cm³/mol. The first-order valence-electron chi connectivity index (χ1n) is 19.6. The summed E-state index contributed by atoms with van der Waals surface area (Å²) in [6.07, 6.45) is 3.18. The Kier molecular flexibility index (Phi) is 9.04. The molecule has 1 N–H and O–H groups in total. The standard InChI is InChI=1S/C40H41F3N12O4/c1-21-46-31-11-23(43)10-28-30-6-8-44-40(47-30)59-26-14-33(38(57)50(2)18-27(58-3)20-52(21)35(28)31)53(19-26)36-29-15-45-55(32-5-4-22(42)12-34(32)56)37(29)49-39(48-36)54-24-13-25(54)17-51(16-24)9-7-41/h4-6,8,10-12,15,24-27,33,56H,7,9,13-14,16-20H2,1-3H3/t24?,25?,26-,27+,33-/m0/s1. The van der Waals surface area contributed by atoms with E-state index >= 15 is 4.39 Å². The molecule has 16 nitrogen and oxygen atoms in total. The van der Waals surface area contributed by atoms with Crippen molar-refractivity contribution in [3.8, 4) is 28.7 Å². The van der Waals surface area contributed by atoms with E-state index in [4.69, 9.17) is 24.4 Å². The number of methoxy groups -OCH3 is 1. The number of piperidine rings is 1. The van der Waals surface area contributed by atoms with Crippen LogP contribution in [0.5, 0.6) is 11.8 Å². The summed E-state index contributed by atoms with van der Waals surface area (Å²) in [5.74, 6) is -0.165. The van der Waals surface area contributed by atoms with Gasteiger partial charge in [0.15, 0.2) is 5.65 Å². The summed E-state index contributed by atoms with van der Waals surface area (Å²) in [7, 11) is 3.32. The second kappa shape index (κ2) is 14.3. The molecule has 6 aromatic rings. The maximum Gasteiger partial charge on any atom is 0.317 e. The first kappa shape index (κ1) is 37.2. The van der Waals surface area contributed by atoms with E-state index in [1.165, 1.54) is 28.9 Å². The third-order valence-corrected chi connectivity index (χ3v) is 12.0. The van der Waals surface area contributed by atoms with Crippen molar-refractivity contribution >= 4 is 39.7 Å². The maximum atomic E-state index is 15.1. The molecule has 5 atom stereocenters. The molecule has 0 spiro atoms. The molecule has 0 radical (unpaired) electrons. The van der Waals surface area contributed by atoms with E-state index in [-0.39, 0.29) is 54.9 Å². The molecule has 10 rings (SSSR count). The van der Waals surface area contributed by atoms with Gasteiger partial charge >= 0.3 is 6.01 Å². The fourth-order valence-corrected chi connectivity index (χ4v) is 9.27. The van der Waals surface area contributed by atoms with Crippen molar-refractivity contribution in [3.05, 3.63) is 66.3 Å². The Hall–Kier alpha value is -6.08. The van der Waals surface area contributed by atoms with Crippen molar-refractivity contribution in [2.24, 2.45) is 0 Å². The summed E-state index contributed by atoms with van der Waals surface area (Å²) in [5.41, 5.74) is 2.63. The van der Waals surface area contributed by atoms with E-state index in [0.717, 1.165) is 12.5 Å². The van der Waals surface area contributed by atoms with Gasteiger partial charge in [0.05, 0.1) is 47.5 Å². The van der Waals surface area contributed by atoms with Crippen LogP contribution in [0.3, 0.4) is 0 Å². The molecule has 59 heavy (non-hydrogen) atoms. The first-order valence-corrected chi connectivity index (χ1v) is 19.6. The minimum atomic E-state index is -0.784. The number of likely N-dealkylation sites (N-methyl/N-ethyl adjacent to an activating group) is 1. The maximum absolute atomic E-state index is 15.1. The average Bonchev–Trinajstić information content (AvgIpc) is 3.91. The van der Waals surface area contributed by atoms with Crippen LogP contribution in [0.15, 0.2) is 48.8 Å². The molecule has 306 valence electrons. The number of likely N-dealkylation sites (tertiary alicyclic amines) is 1. The van der Waals surface area contributed by atoms with Gasteiger partial charge in [-0.25, -0.2) is 27.8 Å². The first-order chi connectivity index (χ1) is 28.6. The number of nitrogens with zero attached hydrogens (tertiary/aromatic N) is 12. The lowest BCUT2D eigenvalue weighted by molar-refractivity contribution is -0.133. The quantitative estimate of drug-likeness (QED) is 0.261. The van der Waals surface area contributed by atoms with Crippen molar-refractivity contribution in [2.75, 3.05) is 63.4 Å². The van der Waals surface area contributed by atoms with Gasteiger partial charge in [-0.1, -0.05) is 0 Å². The summed E-state index contributed by atoms with van der Waals surface area (Å²) in [5, 5.41) is 15.9. The normalized spacial score (nSPS) is 23.4. The molecule has 6 bridgehead atoms. The van der Waals surface area contributed by atoms with Gasteiger partial charge in [-0.15, -0.1) is 0 Å². The molecule has 4 aliphatic heterocycles. The van der Waals surface area contributed by atoms with Crippen molar-refractivity contribution in [1.82, 2.24) is 49.1 Å². The topological polar surface area (TPSA) is 156 Å². The number of carbonyl (C=O) groups excluding carboxylic acids is 1. The summed E-state index contributed by atoms with van der Waals surface area (Å²) >= 11 is 0. The lowest BCUT2D eigenvalue weighted by Gasteiger charge is -2.56. The molecule has 4 aromatic heterocycles. The zero-order valence-corrected chi connectivity index (χ0v) is 32.5. The number of ether oxygens (including phenoxy) is 2. The molecular formula is C40H41F3N12O4. The molecule has 8 heterocycles. The number of rotatable bonds is 6. The molecule has 0 aliphatic carbocycles. The molecule has 3 saturated heterocycles. The van der Waals surface area contributed by atoms with Gasteiger partial charge in [-0.2, -0.15) is 20.1 Å². The van der Waals surface area contributed by atoms with Crippen LogP contribution in [-0.2, 0) is 16.1 Å². The molecule has 4 aliphatic rings. The fourth-order valence-electron chi connectivity index (χ4n) is 9.27. The highest BCUT2D eigenvalue weighted by Crippen LogP contribution is 2.40. The third kappa shape index (κ3) is 6.33. The van der Waals surface area contributed by atoms with Crippen LogP contribution in [0.4, 0.5) is 24.9 Å². The van der Waals surface area contributed by atoms with Crippen LogP contribution in [-0.4, -0.2) is 144 Å². The molecule has 0 saturated carbocycles. The summed E-state index contributed by atoms with van der Waals surface area (Å²) in [4.78, 5) is 46.5. The summed E-state index contributed by atoms with van der Waals surface area (Å²) < 4.78 is 58.5. The Morgan fingerprint density at radius 2 is 1.80 bits per heavy atom. The Morgan fingerprint density at radius 1 is 0.966 bits per heavy atom. The van der Waals surface area contributed by atoms with Gasteiger partial charge in [0.2, 0.25) is 11.9 Å². The van der Waals surface area contributed by atoms with E-state index in [1.807, 2.05) is 16.4 Å². The van der Waals surface area contributed by atoms with Gasteiger partial charge in [-0.3, -0.25) is 9.69 Å². The monoisotopic (exact) mass is 810 g/mol. The number of alkyl halides is 1. The highest BCUT2D eigenvalue weighted by molar-refractivity contribution is 5.94. The average molecular weight is 811 g/mol. The van der Waals surface area contributed by atoms with E-state index in [9.17, 15) is 18.7 Å². The van der Waals surface area contributed by atoms with Gasteiger partial charge in [-0.05, 0) is 37.6 Å². The number of aromatic hydroxyl groups is 1. The Balaban J connectivity index is 1.09. The number of aromatic nitrogens is 8. The Labute approximate surface area is 335 Å². The van der Waals surface area contributed by atoms with Crippen LogP contribution < -0.4 is 14.5 Å². The second-order valence-corrected chi connectivity index (χ2v) is 15.7. The number of benzene rings is 2. The number of hydrogen-bond acceptors (Lipinski definition) is 13. The highest BCUT2D eigenvalue weighted by Gasteiger charge is 2.47. The molecule has 2 aromatic carbocycles. The van der Waals surface area contributed by atoms with Crippen LogP contribution in [0.25, 0.3) is 39.0 Å². The van der Waals surface area contributed by atoms with Crippen LogP contribution in [0, 0.1) is 18.6 Å². The van der Waals surface area contributed by atoms with Gasteiger partial charge in [0.25, 0.3) is 0 Å². The number of imidazole rings is 1. The minimum absolute atomic E-state index is 0.0346. The van der Waals surface area contributed by atoms with Crippen molar-refractivity contribution in [3.63, 3.8) is 0 Å². The SMILES string of the molecule is CO[C@@H]1CN(C)C(=O)[C@@H]2C[C@@H](CN2c2nc(N3C4CC3CN(CCF)C4)nc3c2cnn3-c2ccc(F)cc2O)Oc2nccc(n2)-c2cc(F)cc3nc(C)n(c23)C1. The van der Waals surface area contributed by atoms with E-state index in [1.54, 1.807) is 37.5 Å². The molecular weight excluding hydrogens is 770 g/mol. The smallest absolute Gasteiger partial charge is 0.317 e. The Morgan fingerprint density at radius 3 is 2.58 bits per heavy atom. The number of anilines is 2. The number of halogens is 3. The van der Waals surface area contributed by atoms with E-state index < -0.39 is 36.6 Å². The summed E-state index contributed by atoms with van der Waals surface area (Å²) in [6.45, 7) is 3.75. The van der Waals surface area contributed by atoms with Gasteiger partial charge in [0, 0.05) is 82.7 Å². The number of aryl methyl sites for hydroxylation is 1. The van der Waals surface area contributed by atoms with Crippen LogP contribution in [0.2, 0.25) is 0 Å². The van der Waals surface area contributed by atoms with Crippen molar-refractivity contribution < 1.29 is 32.5 Å². The van der Waals surface area contributed by atoms with Crippen LogP contribution >= 0.6 is 0 Å². The number of carbonyl (C=O) groups is 1. The van der Waals surface area contributed by atoms with E-state index in [0.29, 0.717) is 77.1 Å². The summed E-state index contributed by atoms with van der Waals surface area (Å²) in [6, 6.07) is 7.50. The largest absolute Gasteiger partial charge is 0.506 e. The van der Waals surface area contributed by atoms with Crippen molar-refractivity contribution in [2.45, 2.75) is 56.6 Å². The molecule has 2 unspecified atom stereocenters. The van der Waals surface area contributed by atoms with Gasteiger partial charge < -0.3 is 33.8 Å². The van der Waals surface area contributed by atoms with Crippen LogP contribution in [0.1, 0.15) is 18.7 Å². The predicted octanol–water partition coefficient (Wildman–Crippen LogP) is 3.66. The third-order valence-electron chi connectivity index (χ3n) is 12.0. The minimum Gasteiger partial charge on any atom is -0.506 e. The molecule has 19 heteroatoms. The Bertz CT molecular complexity index is 2610. The zero-order chi connectivity index (χ0) is 40.7. The number of piperazine rings is 1. The molecule has 3 fully saturated rings. The van der Waals surface area contributed by atoms with E-state index in [2.05, 4.69) is 24.9 Å². The second-order valence-electron chi connectivity index (χ2n) is 15.7. The number of hydrogen-bond donors (Lipinski definition) is 1. The van der Waals surface area contributed by atoms with Gasteiger partial charge in [0.1, 0.15) is 53.5 Å². The number of phenolic OH excluding ortho intramolecular Hbond substituents is 1. The molecule has 1 amide bonds. The number of amides is 1. The van der Waals surface area contributed by atoms with Crippen molar-refractivity contribution in [1.29, 1.82) is 0 Å². The lowest BCUT2D eigenvalue weighted by Crippen LogP contribution is -2.69. The number of fused-ring (bicyclic) bond motifs is 8. The zero-order valence-electron chi connectivity index (χ0n) is 32.5. The number of phenols is 1.